The van der Waals surface area contributed by atoms with Gasteiger partial charge in [0, 0.05) is 5.69 Å². The Morgan fingerprint density at radius 1 is 1.31 bits per heavy atom. The number of nitrogens with two attached hydrogens (primary N) is 1. The molecule has 2 aromatic heterocycles. The number of methoxy groups -OCH3 is 1. The van der Waals surface area contributed by atoms with Gasteiger partial charge in [0.15, 0.2) is 13.0 Å². The SMILES string of the molecule is COc1ccc(NC(=O)C(C)Sc2nc(N)c(C#N)c(-c3c([O-])on[n+]3C)c2C#N)cc1. The van der Waals surface area contributed by atoms with E-state index in [1.165, 1.54) is 7.05 Å². The number of amides is 1. The summed E-state index contributed by atoms with van der Waals surface area (Å²) in [5, 5.41) is 37.2. The first kappa shape index (κ1) is 22.4. The fourth-order valence-electron chi connectivity index (χ4n) is 2.84. The molecule has 0 fully saturated rings. The van der Waals surface area contributed by atoms with Crippen LogP contribution < -0.4 is 25.6 Å². The van der Waals surface area contributed by atoms with Crippen LogP contribution in [0.15, 0.2) is 33.8 Å². The van der Waals surface area contributed by atoms with Crippen molar-refractivity contribution in [1.29, 1.82) is 10.5 Å². The van der Waals surface area contributed by atoms with Crippen molar-refractivity contribution in [2.45, 2.75) is 17.2 Å². The summed E-state index contributed by atoms with van der Waals surface area (Å²) in [6.45, 7) is 1.62. The summed E-state index contributed by atoms with van der Waals surface area (Å²) in [5.41, 5.74) is 6.09. The highest BCUT2D eigenvalue weighted by Crippen LogP contribution is 2.38. The Balaban J connectivity index is 1.96. The molecule has 0 radical (unpaired) electrons. The van der Waals surface area contributed by atoms with Crippen LogP contribution >= 0.6 is 11.8 Å². The molecule has 3 aromatic rings. The van der Waals surface area contributed by atoms with E-state index in [9.17, 15) is 20.4 Å². The maximum absolute atomic E-state index is 12.7. The Morgan fingerprint density at radius 3 is 2.50 bits per heavy atom. The minimum Gasteiger partial charge on any atom is -0.539 e. The van der Waals surface area contributed by atoms with Crippen LogP contribution in [0.5, 0.6) is 11.7 Å². The van der Waals surface area contributed by atoms with E-state index in [0.717, 1.165) is 16.4 Å². The zero-order valence-electron chi connectivity index (χ0n) is 17.2. The van der Waals surface area contributed by atoms with Gasteiger partial charge in [-0.2, -0.15) is 10.5 Å². The minimum atomic E-state index is -0.840. The van der Waals surface area contributed by atoms with Gasteiger partial charge < -0.3 is 25.4 Å². The second-order valence-corrected chi connectivity index (χ2v) is 7.79. The Bertz CT molecular complexity index is 1240. The third-order valence-electron chi connectivity index (χ3n) is 4.43. The number of benzene rings is 1. The number of pyridine rings is 1. The summed E-state index contributed by atoms with van der Waals surface area (Å²) in [6.07, 6.45) is 0. The van der Waals surface area contributed by atoms with Crippen molar-refractivity contribution in [2.24, 2.45) is 7.05 Å². The molecule has 2 heterocycles. The zero-order chi connectivity index (χ0) is 23.4. The summed E-state index contributed by atoms with van der Waals surface area (Å²) in [6, 6.07) is 10.6. The minimum absolute atomic E-state index is 0.0403. The number of nitrogens with one attached hydrogen (secondary N) is 1. The third kappa shape index (κ3) is 4.26. The fourth-order valence-corrected chi connectivity index (χ4v) is 3.76. The smallest absolute Gasteiger partial charge is 0.266 e. The lowest BCUT2D eigenvalue weighted by Gasteiger charge is -2.15. The van der Waals surface area contributed by atoms with Crippen molar-refractivity contribution in [3.05, 3.63) is 35.4 Å². The van der Waals surface area contributed by atoms with Crippen LogP contribution in [0.1, 0.15) is 18.1 Å². The average molecular weight is 451 g/mol. The Morgan fingerprint density at radius 2 is 1.97 bits per heavy atom. The largest absolute Gasteiger partial charge is 0.539 e. The van der Waals surface area contributed by atoms with Gasteiger partial charge in [-0.1, -0.05) is 16.4 Å². The normalized spacial score (nSPS) is 11.3. The van der Waals surface area contributed by atoms with Gasteiger partial charge in [0.25, 0.3) is 5.69 Å². The maximum atomic E-state index is 12.7. The molecule has 0 saturated heterocycles. The average Bonchev–Trinajstić information content (AvgIpc) is 3.11. The van der Waals surface area contributed by atoms with Crippen LogP contribution in [0.2, 0.25) is 0 Å². The zero-order valence-corrected chi connectivity index (χ0v) is 18.1. The molecule has 0 bridgehead atoms. The van der Waals surface area contributed by atoms with Crippen LogP contribution in [0.3, 0.4) is 0 Å². The molecule has 1 atom stereocenters. The van der Waals surface area contributed by atoms with Crippen LogP contribution in [0.4, 0.5) is 11.5 Å². The number of thioether (sulfide) groups is 1. The summed E-state index contributed by atoms with van der Waals surface area (Å²) in [4.78, 5) is 16.8. The predicted molar refractivity (Wildman–Crippen MR) is 111 cm³/mol. The Kier molecular flexibility index (Phi) is 6.47. The number of rotatable bonds is 6. The van der Waals surface area contributed by atoms with Crippen molar-refractivity contribution in [3.8, 4) is 35.1 Å². The van der Waals surface area contributed by atoms with Crippen molar-refractivity contribution in [2.75, 3.05) is 18.2 Å². The fraction of sp³-hybridized carbons (Fsp3) is 0.200. The second-order valence-electron chi connectivity index (χ2n) is 6.46. The molecule has 0 aliphatic carbocycles. The van der Waals surface area contributed by atoms with Crippen LogP contribution in [0.25, 0.3) is 11.3 Å². The third-order valence-corrected chi connectivity index (χ3v) is 5.52. The van der Waals surface area contributed by atoms with Gasteiger partial charge in [0.2, 0.25) is 5.91 Å². The summed E-state index contributed by atoms with van der Waals surface area (Å²) < 4.78 is 10.8. The summed E-state index contributed by atoms with van der Waals surface area (Å²) in [7, 11) is 2.97. The van der Waals surface area contributed by atoms with Gasteiger partial charge in [-0.25, -0.2) is 4.98 Å². The van der Waals surface area contributed by atoms with Crippen LogP contribution in [0, 0.1) is 22.7 Å². The molecule has 0 saturated carbocycles. The quantitative estimate of drug-likeness (QED) is 0.407. The molecule has 0 spiro atoms. The Hall–Kier alpha value is -4.29. The topological polar surface area (TPSA) is 178 Å². The van der Waals surface area contributed by atoms with Gasteiger partial charge in [0.05, 0.1) is 28.8 Å². The van der Waals surface area contributed by atoms with Crippen LogP contribution in [-0.4, -0.2) is 28.5 Å². The Labute approximate surface area is 187 Å². The monoisotopic (exact) mass is 451 g/mol. The van der Waals surface area contributed by atoms with Gasteiger partial charge in [-0.3, -0.25) is 4.79 Å². The van der Waals surface area contributed by atoms with Gasteiger partial charge in [0.1, 0.15) is 34.3 Å². The van der Waals surface area contributed by atoms with Crippen molar-refractivity contribution >= 4 is 29.2 Å². The molecule has 32 heavy (non-hydrogen) atoms. The molecule has 11 nitrogen and oxygen atoms in total. The number of aromatic nitrogens is 3. The first-order chi connectivity index (χ1) is 15.3. The van der Waals surface area contributed by atoms with Crippen molar-refractivity contribution in [1.82, 2.24) is 10.3 Å². The highest BCUT2D eigenvalue weighted by atomic mass is 32.2. The van der Waals surface area contributed by atoms with E-state index in [1.807, 2.05) is 12.1 Å². The number of nitriles is 2. The van der Waals surface area contributed by atoms with E-state index < -0.39 is 11.2 Å². The van der Waals surface area contributed by atoms with Crippen molar-refractivity contribution in [3.63, 3.8) is 0 Å². The van der Waals surface area contributed by atoms with Gasteiger partial charge in [-0.05, 0) is 31.2 Å². The van der Waals surface area contributed by atoms with E-state index in [1.54, 1.807) is 38.3 Å². The summed E-state index contributed by atoms with van der Waals surface area (Å²) >= 11 is 0.964. The number of hydrogen-bond acceptors (Lipinski definition) is 10. The van der Waals surface area contributed by atoms with E-state index in [-0.39, 0.29) is 39.1 Å². The van der Waals surface area contributed by atoms with E-state index in [2.05, 4.69) is 20.1 Å². The molecule has 1 unspecified atom stereocenters. The molecule has 1 amide bonds. The number of nitrogen functional groups attached to an aromatic ring is 1. The lowest BCUT2D eigenvalue weighted by atomic mass is 10.0. The molecular weight excluding hydrogens is 434 g/mol. The number of aryl methyl sites for hydroxylation is 1. The lowest BCUT2D eigenvalue weighted by Crippen LogP contribution is -2.32. The molecule has 0 aliphatic heterocycles. The molecule has 0 aliphatic rings. The molecule has 3 N–H and O–H groups in total. The number of anilines is 2. The van der Waals surface area contributed by atoms with Gasteiger partial charge in [-0.15, -0.1) is 0 Å². The summed E-state index contributed by atoms with van der Waals surface area (Å²) in [5.74, 6) is -0.733. The van der Waals surface area contributed by atoms with E-state index >= 15 is 0 Å². The molecule has 162 valence electrons. The molecule has 3 rings (SSSR count). The first-order valence-electron chi connectivity index (χ1n) is 9.09. The molecule has 1 aromatic carbocycles. The standard InChI is InChI=1S/C20H17N7O4S/c1-10(18(28)24-11-4-6-12(30-3)7-5-11)32-19-14(9-22)15(13(8-21)17(23)25-19)16-20(29)31-26-27(16)2/h4-7,10H,1-3H3,(H3-,23,24,25,26,28,29). The number of hydrogen-bond donors (Lipinski definition) is 2. The highest BCUT2D eigenvalue weighted by molar-refractivity contribution is 8.00. The number of carbonyl (C=O) groups is 1. The lowest BCUT2D eigenvalue weighted by molar-refractivity contribution is -0.730. The maximum Gasteiger partial charge on any atom is 0.266 e. The number of carbonyl (C=O) groups excluding carboxylic acids is 1. The first-order valence-corrected chi connectivity index (χ1v) is 9.97. The predicted octanol–water partition coefficient (Wildman–Crippen LogP) is 1.09. The second kappa shape index (κ2) is 9.24. The van der Waals surface area contributed by atoms with E-state index in [4.69, 9.17) is 10.5 Å². The number of ether oxygens (including phenoxy) is 1. The van der Waals surface area contributed by atoms with E-state index in [0.29, 0.717) is 11.4 Å². The van der Waals surface area contributed by atoms with Crippen LogP contribution in [-0.2, 0) is 11.8 Å². The molecule has 12 heteroatoms. The highest BCUT2D eigenvalue weighted by Gasteiger charge is 2.30. The number of nitrogens with zero attached hydrogens (tertiary/aromatic N) is 5. The molecular formula is C20H17N7O4S. The van der Waals surface area contributed by atoms with Crippen molar-refractivity contribution < 1.29 is 23.8 Å². The van der Waals surface area contributed by atoms with Gasteiger partial charge >= 0.3 is 0 Å².